The number of hydrogen-bond acceptors (Lipinski definition) is 2. The molecule has 0 aliphatic heterocycles. The predicted octanol–water partition coefficient (Wildman–Crippen LogP) is 24.0. The summed E-state index contributed by atoms with van der Waals surface area (Å²) in [6.45, 7) is 27.6. The molecular formula is C82H77ClN4. The fourth-order valence-electron chi connectivity index (χ4n) is 12.6. The van der Waals surface area contributed by atoms with Crippen LogP contribution in [0.15, 0.2) is 249 Å². The minimum absolute atomic E-state index is 0.0155. The first-order valence-corrected chi connectivity index (χ1v) is 31.1. The molecule has 0 aliphatic carbocycles. The molecule has 0 bridgehead atoms. The van der Waals surface area contributed by atoms with Gasteiger partial charge in [0, 0.05) is 55.7 Å². The molecule has 432 valence electrons. The number of halogens is 1. The summed E-state index contributed by atoms with van der Waals surface area (Å²) in [7, 11) is 0. The van der Waals surface area contributed by atoms with Crippen LogP contribution < -0.4 is 9.80 Å². The van der Waals surface area contributed by atoms with Crippen molar-refractivity contribution in [2.45, 2.75) is 105 Å². The highest BCUT2D eigenvalue weighted by Crippen LogP contribution is 2.49. The standard InChI is InChI=1S/C82H77ClN4/c1-79(2,3)58-36-44-72-68(48-58)69-49-59(80(4,5)6)37-45-73(69)86(72)66-28-19-26-64(52-66)84(62-40-32-56(33-41-62)54-22-15-13-16-23-54)76-30-21-31-77(78(76)83)85(63-42-34-57(35-43-63)55-24-17-14-18-25-55)65-27-20-29-67(53-65)87-74-46-38-60(81(7,8)9)50-70(74)71-51-61(82(10,11)12)39-47-75(71)87/h13-53H,1-12H3. The van der Waals surface area contributed by atoms with Crippen LogP contribution in [0.2, 0.25) is 5.02 Å². The zero-order chi connectivity index (χ0) is 60.7. The number of hydrogen-bond donors (Lipinski definition) is 0. The normalized spacial score (nSPS) is 12.4. The highest BCUT2D eigenvalue weighted by Gasteiger charge is 2.27. The molecule has 2 aromatic heterocycles. The number of rotatable bonds is 10. The van der Waals surface area contributed by atoms with E-state index in [-0.39, 0.29) is 21.7 Å². The highest BCUT2D eigenvalue weighted by molar-refractivity contribution is 6.36. The lowest BCUT2D eigenvalue weighted by Gasteiger charge is -2.31. The Morgan fingerprint density at radius 1 is 0.264 bits per heavy atom. The molecule has 0 atom stereocenters. The summed E-state index contributed by atoms with van der Waals surface area (Å²) in [5.74, 6) is 0. The van der Waals surface area contributed by atoms with Crippen molar-refractivity contribution < 1.29 is 0 Å². The number of anilines is 6. The van der Waals surface area contributed by atoms with Crippen LogP contribution in [0.4, 0.5) is 34.1 Å². The highest BCUT2D eigenvalue weighted by atomic mass is 35.5. The molecule has 13 aromatic rings. The number of nitrogens with zero attached hydrogens (tertiary/aromatic N) is 4. The molecule has 0 N–H and O–H groups in total. The van der Waals surface area contributed by atoms with E-state index in [1.54, 1.807) is 0 Å². The summed E-state index contributed by atoms with van der Waals surface area (Å²) in [5.41, 5.74) is 22.2. The van der Waals surface area contributed by atoms with Gasteiger partial charge in [-0.25, -0.2) is 0 Å². The Morgan fingerprint density at radius 2 is 0.552 bits per heavy atom. The first-order chi connectivity index (χ1) is 41.6. The Balaban J connectivity index is 1.01. The van der Waals surface area contributed by atoms with E-state index < -0.39 is 0 Å². The smallest absolute Gasteiger partial charge is 0.0887 e. The minimum Gasteiger partial charge on any atom is -0.309 e. The molecule has 2 heterocycles. The monoisotopic (exact) mass is 1150 g/mol. The van der Waals surface area contributed by atoms with Gasteiger partial charge in [-0.2, -0.15) is 0 Å². The molecule has 0 saturated heterocycles. The van der Waals surface area contributed by atoms with E-state index in [0.29, 0.717) is 5.02 Å². The van der Waals surface area contributed by atoms with Gasteiger partial charge < -0.3 is 18.9 Å². The molecule has 0 aliphatic rings. The molecule has 5 heteroatoms. The largest absolute Gasteiger partial charge is 0.309 e. The zero-order valence-corrected chi connectivity index (χ0v) is 53.1. The summed E-state index contributed by atoms with van der Waals surface area (Å²) >= 11 is 8.26. The van der Waals surface area contributed by atoms with Crippen LogP contribution in [0.3, 0.4) is 0 Å². The molecule has 0 radical (unpaired) electrons. The van der Waals surface area contributed by atoms with Crippen molar-refractivity contribution in [1.82, 2.24) is 9.13 Å². The van der Waals surface area contributed by atoms with Gasteiger partial charge in [0.05, 0.1) is 38.5 Å². The zero-order valence-electron chi connectivity index (χ0n) is 52.3. The van der Waals surface area contributed by atoms with E-state index in [1.165, 1.54) is 65.9 Å². The summed E-state index contributed by atoms with van der Waals surface area (Å²) < 4.78 is 4.89. The number of benzene rings is 11. The first kappa shape index (κ1) is 57.0. The summed E-state index contributed by atoms with van der Waals surface area (Å²) in [6.07, 6.45) is 0. The lowest BCUT2D eigenvalue weighted by Crippen LogP contribution is -2.15. The molecule has 4 nitrogen and oxygen atoms in total. The third-order valence-electron chi connectivity index (χ3n) is 17.6. The fourth-order valence-corrected chi connectivity index (χ4v) is 12.9. The Bertz CT molecular complexity index is 4270. The van der Waals surface area contributed by atoms with E-state index in [4.69, 9.17) is 11.6 Å². The second-order valence-electron chi connectivity index (χ2n) is 27.7. The van der Waals surface area contributed by atoms with Gasteiger partial charge in [-0.05, 0) is 187 Å². The maximum atomic E-state index is 8.26. The van der Waals surface area contributed by atoms with Crippen LogP contribution in [0.5, 0.6) is 0 Å². The van der Waals surface area contributed by atoms with E-state index in [9.17, 15) is 0 Å². The number of aromatic nitrogens is 2. The van der Waals surface area contributed by atoms with Crippen molar-refractivity contribution in [3.05, 3.63) is 276 Å². The molecule has 0 unspecified atom stereocenters. The summed E-state index contributed by atoms with van der Waals surface area (Å²) in [5, 5.41) is 5.61. The van der Waals surface area contributed by atoms with Gasteiger partial charge >= 0.3 is 0 Å². The first-order valence-electron chi connectivity index (χ1n) is 30.7. The quantitative estimate of drug-likeness (QED) is 0.136. The van der Waals surface area contributed by atoms with Gasteiger partial charge in [-0.15, -0.1) is 0 Å². The maximum Gasteiger partial charge on any atom is 0.0887 e. The lowest BCUT2D eigenvalue weighted by molar-refractivity contribution is 0.590. The van der Waals surface area contributed by atoms with Crippen LogP contribution in [0, 0.1) is 0 Å². The Hall–Kier alpha value is -9.09. The van der Waals surface area contributed by atoms with Gasteiger partial charge in [-0.3, -0.25) is 0 Å². The van der Waals surface area contributed by atoms with E-state index in [1.807, 2.05) is 0 Å². The molecule has 0 fully saturated rings. The van der Waals surface area contributed by atoms with Crippen molar-refractivity contribution >= 4 is 89.3 Å². The van der Waals surface area contributed by atoms with Gasteiger partial charge in [0.25, 0.3) is 0 Å². The Labute approximate surface area is 519 Å². The molecule has 0 amide bonds. The second-order valence-corrected chi connectivity index (χ2v) is 28.1. The fraction of sp³-hybridized carbons (Fsp3) is 0.195. The second kappa shape index (κ2) is 21.7. The van der Waals surface area contributed by atoms with Gasteiger partial charge in [0.15, 0.2) is 0 Å². The summed E-state index contributed by atoms with van der Waals surface area (Å²) in [6, 6.07) is 91.6. The third-order valence-corrected chi connectivity index (χ3v) is 18.0. The van der Waals surface area contributed by atoms with Crippen molar-refractivity contribution in [3.63, 3.8) is 0 Å². The van der Waals surface area contributed by atoms with E-state index >= 15 is 0 Å². The van der Waals surface area contributed by atoms with E-state index in [2.05, 4.69) is 351 Å². The van der Waals surface area contributed by atoms with Crippen LogP contribution in [-0.4, -0.2) is 9.13 Å². The van der Waals surface area contributed by atoms with Gasteiger partial charge in [0.1, 0.15) is 0 Å². The minimum atomic E-state index is -0.0155. The van der Waals surface area contributed by atoms with Crippen molar-refractivity contribution in [2.75, 3.05) is 9.80 Å². The Kier molecular flexibility index (Phi) is 14.2. The van der Waals surface area contributed by atoms with Crippen LogP contribution in [0.1, 0.15) is 105 Å². The van der Waals surface area contributed by atoms with Crippen molar-refractivity contribution in [3.8, 4) is 33.6 Å². The van der Waals surface area contributed by atoms with Crippen molar-refractivity contribution in [1.29, 1.82) is 0 Å². The molecular weight excluding hydrogens is 1080 g/mol. The molecule has 87 heavy (non-hydrogen) atoms. The van der Waals surface area contributed by atoms with Crippen LogP contribution >= 0.6 is 11.6 Å². The predicted molar refractivity (Wildman–Crippen MR) is 375 cm³/mol. The molecule has 13 rings (SSSR count). The van der Waals surface area contributed by atoms with E-state index in [0.717, 1.165) is 67.8 Å². The lowest BCUT2D eigenvalue weighted by atomic mass is 9.85. The van der Waals surface area contributed by atoms with Crippen molar-refractivity contribution in [2.24, 2.45) is 0 Å². The average Bonchev–Trinajstić information content (AvgIpc) is 1.65. The molecule has 0 spiro atoms. The SMILES string of the molecule is CC(C)(C)c1ccc2c(c1)c1cc(C(C)(C)C)ccc1n2-c1cccc(N(c2ccc(-c3ccccc3)cc2)c2cccc(N(c3ccc(-c4ccccc4)cc3)c3cccc(-n4c5ccc(C(C)(C)C)cc5c5cc(C(C)(C)C)ccc54)c3)c2Cl)c1. The third kappa shape index (κ3) is 10.7. The summed E-state index contributed by atoms with van der Waals surface area (Å²) in [4.78, 5) is 4.66. The van der Waals surface area contributed by atoms with Gasteiger partial charge in [0.2, 0.25) is 0 Å². The van der Waals surface area contributed by atoms with Gasteiger partial charge in [-0.1, -0.05) is 222 Å². The Morgan fingerprint density at radius 3 is 0.851 bits per heavy atom. The van der Waals surface area contributed by atoms with Crippen LogP contribution in [0.25, 0.3) is 77.2 Å². The average molecular weight is 1150 g/mol. The molecule has 0 saturated carbocycles. The maximum absolute atomic E-state index is 8.26. The topological polar surface area (TPSA) is 16.3 Å². The number of fused-ring (bicyclic) bond motifs is 6. The molecule has 11 aromatic carbocycles. The van der Waals surface area contributed by atoms with Crippen LogP contribution in [-0.2, 0) is 21.7 Å².